The molecule has 2 aliphatic rings. The van der Waals surface area contributed by atoms with Crippen LogP contribution in [-0.2, 0) is 25.3 Å². The van der Waals surface area contributed by atoms with Gasteiger partial charge in [-0.25, -0.2) is 9.96 Å². The molecular formula is C32H36N2O4. The van der Waals surface area contributed by atoms with E-state index in [4.69, 9.17) is 4.84 Å². The van der Waals surface area contributed by atoms with E-state index in [9.17, 15) is 14.7 Å². The number of fused-ring (bicyclic) bond motifs is 1. The van der Waals surface area contributed by atoms with Gasteiger partial charge in [-0.1, -0.05) is 71.9 Å². The standard InChI is InChI=1S/C32H36N2O4/c1-19-12-11-15-22(16-19)33-29(36)25-26(34(38-28(25)30(33)37)21-13-9-8-10-14-21)20-17-23(31(2,3)4)27(35)24(18-20)32(5,6)7/h8-18,25-26,28,35H,1-7H3. The first-order chi connectivity index (χ1) is 17.8. The summed E-state index contributed by atoms with van der Waals surface area (Å²) in [6.07, 6.45) is -0.946. The number of phenolic OH excluding ortho intramolecular Hbond substituents is 1. The Balaban J connectivity index is 1.70. The summed E-state index contributed by atoms with van der Waals surface area (Å²) in [6, 6.07) is 20.4. The zero-order valence-electron chi connectivity index (χ0n) is 23.1. The fraction of sp³-hybridized carbons (Fsp3) is 0.375. The summed E-state index contributed by atoms with van der Waals surface area (Å²) in [5, 5.41) is 13.0. The number of carbonyl (C=O) groups excluding carboxylic acids is 2. The molecule has 3 unspecified atom stereocenters. The number of hydrogen-bond donors (Lipinski definition) is 1. The van der Waals surface area contributed by atoms with Gasteiger partial charge in [0.05, 0.1) is 17.4 Å². The quantitative estimate of drug-likeness (QED) is 0.414. The third-order valence-corrected chi connectivity index (χ3v) is 7.48. The number of nitrogens with zero attached hydrogens (tertiary/aromatic N) is 2. The molecule has 2 amide bonds. The number of anilines is 2. The van der Waals surface area contributed by atoms with E-state index in [-0.39, 0.29) is 28.4 Å². The van der Waals surface area contributed by atoms with Crippen molar-refractivity contribution in [3.05, 3.63) is 89.0 Å². The maximum atomic E-state index is 14.0. The van der Waals surface area contributed by atoms with Crippen molar-refractivity contribution in [3.8, 4) is 5.75 Å². The van der Waals surface area contributed by atoms with Crippen molar-refractivity contribution in [2.45, 2.75) is 71.4 Å². The summed E-state index contributed by atoms with van der Waals surface area (Å²) in [4.78, 5) is 35.3. The number of para-hydroxylation sites is 1. The van der Waals surface area contributed by atoms with Gasteiger partial charge in [-0.05, 0) is 76.4 Å². The van der Waals surface area contributed by atoms with Gasteiger partial charge in [0.25, 0.3) is 5.91 Å². The molecule has 3 aromatic carbocycles. The summed E-state index contributed by atoms with van der Waals surface area (Å²) in [5.74, 6) is -1.12. The van der Waals surface area contributed by atoms with Crippen LogP contribution in [0.1, 0.15) is 69.8 Å². The maximum Gasteiger partial charge on any atom is 0.266 e. The molecule has 3 aromatic rings. The van der Waals surface area contributed by atoms with Crippen molar-refractivity contribution < 1.29 is 19.5 Å². The number of imide groups is 1. The van der Waals surface area contributed by atoms with E-state index in [0.29, 0.717) is 5.69 Å². The molecule has 2 aliphatic heterocycles. The number of carbonyl (C=O) groups is 2. The van der Waals surface area contributed by atoms with Crippen LogP contribution in [0.3, 0.4) is 0 Å². The first-order valence-corrected chi connectivity index (χ1v) is 13.1. The van der Waals surface area contributed by atoms with Crippen molar-refractivity contribution >= 4 is 23.2 Å². The largest absolute Gasteiger partial charge is 0.507 e. The van der Waals surface area contributed by atoms with Crippen LogP contribution < -0.4 is 9.96 Å². The number of aryl methyl sites for hydroxylation is 1. The van der Waals surface area contributed by atoms with Crippen LogP contribution >= 0.6 is 0 Å². The topological polar surface area (TPSA) is 70.1 Å². The van der Waals surface area contributed by atoms with Gasteiger partial charge in [-0.3, -0.25) is 14.4 Å². The highest BCUT2D eigenvalue weighted by atomic mass is 16.7. The molecule has 38 heavy (non-hydrogen) atoms. The Labute approximate surface area is 224 Å². The lowest BCUT2D eigenvalue weighted by Crippen LogP contribution is -2.37. The molecule has 0 radical (unpaired) electrons. The smallest absolute Gasteiger partial charge is 0.266 e. The second-order valence-corrected chi connectivity index (χ2v) is 12.5. The summed E-state index contributed by atoms with van der Waals surface area (Å²) in [5.41, 5.74) is 4.01. The molecule has 0 bridgehead atoms. The number of hydrogen-bond acceptors (Lipinski definition) is 5. The number of hydroxylamine groups is 1. The van der Waals surface area contributed by atoms with Crippen molar-refractivity contribution in [2.24, 2.45) is 5.92 Å². The number of benzene rings is 3. The molecule has 6 nitrogen and oxygen atoms in total. The SMILES string of the molecule is Cc1cccc(N2C(=O)C3ON(c4ccccc4)C(c4cc(C(C)(C)C)c(O)c(C(C)(C)C)c4)C3C2=O)c1. The zero-order valence-corrected chi connectivity index (χ0v) is 23.1. The Kier molecular flexibility index (Phi) is 6.14. The average molecular weight is 513 g/mol. The summed E-state index contributed by atoms with van der Waals surface area (Å²) in [7, 11) is 0. The first kappa shape index (κ1) is 26.0. The molecule has 5 rings (SSSR count). The second kappa shape index (κ2) is 8.98. The van der Waals surface area contributed by atoms with Crippen molar-refractivity contribution in [3.63, 3.8) is 0 Å². The molecule has 2 fully saturated rings. The number of amides is 2. The second-order valence-electron chi connectivity index (χ2n) is 12.5. The van der Waals surface area contributed by atoms with E-state index in [1.54, 1.807) is 11.1 Å². The Bertz CT molecular complexity index is 1370. The summed E-state index contributed by atoms with van der Waals surface area (Å²) >= 11 is 0. The molecule has 0 spiro atoms. The van der Waals surface area contributed by atoms with E-state index in [1.807, 2.05) is 67.6 Å². The molecule has 198 valence electrons. The van der Waals surface area contributed by atoms with E-state index in [2.05, 4.69) is 41.5 Å². The molecular weight excluding hydrogens is 476 g/mol. The molecule has 1 N–H and O–H groups in total. The Morgan fingerprint density at radius 1 is 0.763 bits per heavy atom. The minimum Gasteiger partial charge on any atom is -0.507 e. The number of rotatable bonds is 3. The van der Waals surface area contributed by atoms with Gasteiger partial charge in [-0.15, -0.1) is 0 Å². The van der Waals surface area contributed by atoms with E-state index in [0.717, 1.165) is 27.9 Å². The Hall–Kier alpha value is -3.64. The highest BCUT2D eigenvalue weighted by Gasteiger charge is 2.60. The Morgan fingerprint density at radius 3 is 1.89 bits per heavy atom. The number of aromatic hydroxyl groups is 1. The molecule has 2 saturated heterocycles. The van der Waals surface area contributed by atoms with Gasteiger partial charge in [0.15, 0.2) is 6.10 Å². The van der Waals surface area contributed by atoms with Crippen LogP contribution in [-0.4, -0.2) is 23.0 Å². The third kappa shape index (κ3) is 4.27. The predicted molar refractivity (Wildman–Crippen MR) is 149 cm³/mol. The molecule has 0 aromatic heterocycles. The average Bonchev–Trinajstić information content (AvgIpc) is 3.34. The number of phenols is 1. The normalized spacial score (nSPS) is 21.8. The molecule has 0 saturated carbocycles. The van der Waals surface area contributed by atoms with Crippen LogP contribution in [0.4, 0.5) is 11.4 Å². The third-order valence-electron chi connectivity index (χ3n) is 7.48. The monoisotopic (exact) mass is 512 g/mol. The zero-order chi connectivity index (χ0) is 27.6. The van der Waals surface area contributed by atoms with Crippen LogP contribution in [0.25, 0.3) is 0 Å². The van der Waals surface area contributed by atoms with Gasteiger partial charge in [0.2, 0.25) is 5.91 Å². The summed E-state index contributed by atoms with van der Waals surface area (Å²) in [6.45, 7) is 14.3. The fourth-order valence-corrected chi connectivity index (χ4v) is 5.54. The van der Waals surface area contributed by atoms with Crippen molar-refractivity contribution in [1.82, 2.24) is 0 Å². The van der Waals surface area contributed by atoms with Crippen molar-refractivity contribution in [1.29, 1.82) is 0 Å². The van der Waals surface area contributed by atoms with Gasteiger partial charge >= 0.3 is 0 Å². The predicted octanol–water partition coefficient (Wildman–Crippen LogP) is 6.35. The molecule has 3 atom stereocenters. The van der Waals surface area contributed by atoms with Crippen LogP contribution in [0.5, 0.6) is 5.75 Å². The van der Waals surface area contributed by atoms with E-state index >= 15 is 0 Å². The van der Waals surface area contributed by atoms with Crippen molar-refractivity contribution in [2.75, 3.05) is 9.96 Å². The first-order valence-electron chi connectivity index (χ1n) is 13.1. The lowest BCUT2D eigenvalue weighted by molar-refractivity contribution is -0.126. The lowest BCUT2D eigenvalue weighted by atomic mass is 9.76. The lowest BCUT2D eigenvalue weighted by Gasteiger charge is -2.33. The van der Waals surface area contributed by atoms with E-state index < -0.39 is 18.1 Å². The van der Waals surface area contributed by atoms with Crippen LogP contribution in [0.2, 0.25) is 0 Å². The maximum absolute atomic E-state index is 14.0. The van der Waals surface area contributed by atoms with Gasteiger partial charge in [0, 0.05) is 0 Å². The highest BCUT2D eigenvalue weighted by molar-refractivity contribution is 6.24. The molecule has 6 heteroatoms. The van der Waals surface area contributed by atoms with Crippen LogP contribution in [0, 0.1) is 12.8 Å². The minimum absolute atomic E-state index is 0.269. The fourth-order valence-electron chi connectivity index (χ4n) is 5.54. The van der Waals surface area contributed by atoms with Gasteiger partial charge in [0.1, 0.15) is 11.7 Å². The Morgan fingerprint density at radius 2 is 1.34 bits per heavy atom. The molecule has 0 aliphatic carbocycles. The highest BCUT2D eigenvalue weighted by Crippen LogP contribution is 2.50. The van der Waals surface area contributed by atoms with Crippen LogP contribution in [0.15, 0.2) is 66.7 Å². The minimum atomic E-state index is -0.946. The summed E-state index contributed by atoms with van der Waals surface area (Å²) < 4.78 is 0. The van der Waals surface area contributed by atoms with Gasteiger partial charge < -0.3 is 5.11 Å². The van der Waals surface area contributed by atoms with E-state index in [1.165, 1.54) is 4.90 Å². The molecule has 2 heterocycles. The van der Waals surface area contributed by atoms with Gasteiger partial charge in [-0.2, -0.15) is 0 Å².